The smallest absolute Gasteiger partial charge is 0.251 e. The molecule has 7 nitrogen and oxygen atoms in total. The van der Waals surface area contributed by atoms with Crippen LogP contribution in [0.25, 0.3) is 0 Å². The first-order chi connectivity index (χ1) is 13.5. The quantitative estimate of drug-likeness (QED) is 0.687. The van der Waals surface area contributed by atoms with Crippen LogP contribution in [0.15, 0.2) is 24.3 Å². The molecule has 0 aromatic heterocycles. The molecule has 2 heterocycles. The van der Waals surface area contributed by atoms with Gasteiger partial charge in [-0.3, -0.25) is 14.4 Å². The van der Waals surface area contributed by atoms with E-state index >= 15 is 0 Å². The third-order valence-corrected chi connectivity index (χ3v) is 5.14. The highest BCUT2D eigenvalue weighted by Crippen LogP contribution is 2.24. The summed E-state index contributed by atoms with van der Waals surface area (Å²) in [4.78, 5) is 40.3. The van der Waals surface area contributed by atoms with E-state index in [0.29, 0.717) is 31.8 Å². The summed E-state index contributed by atoms with van der Waals surface area (Å²) in [5.74, 6) is -0.0657. The number of carbonyl (C=O) groups excluding carboxylic acids is 3. The number of nitrogens with one attached hydrogen (secondary N) is 1. The summed E-state index contributed by atoms with van der Waals surface area (Å²) in [6.07, 6.45) is 2.61. The van der Waals surface area contributed by atoms with Gasteiger partial charge in [-0.05, 0) is 50.8 Å². The Morgan fingerprint density at radius 1 is 1.25 bits per heavy atom. The van der Waals surface area contributed by atoms with Crippen molar-refractivity contribution in [2.24, 2.45) is 0 Å². The molecular formula is C21H29N3O4. The van der Waals surface area contributed by atoms with Crippen LogP contribution in [0, 0.1) is 0 Å². The molecule has 0 radical (unpaired) electrons. The average molecular weight is 387 g/mol. The monoisotopic (exact) mass is 387 g/mol. The van der Waals surface area contributed by atoms with Crippen molar-refractivity contribution in [3.05, 3.63) is 35.4 Å². The lowest BCUT2D eigenvalue weighted by atomic mass is 10.1. The Labute approximate surface area is 166 Å². The molecule has 2 saturated heterocycles. The largest absolute Gasteiger partial charge is 0.379 e. The van der Waals surface area contributed by atoms with Crippen LogP contribution < -0.4 is 5.32 Å². The Kier molecular flexibility index (Phi) is 6.67. The number of piperazine rings is 1. The number of nitrogens with zero attached hydrogens (tertiary/aromatic N) is 2. The minimum absolute atomic E-state index is 0.0274. The standard InChI is InChI=1S/C21H29N3O4/c1-15(2)28-12-4-10-22-20(26)17-8-6-16(7-9-17)13-23-14-19(25)24-11-3-5-18(24)21(23)27/h6-9,15,18H,3-5,10-14H2,1-2H3,(H,22,26)/t18-/m0/s1. The predicted octanol–water partition coefficient (Wildman–Crippen LogP) is 1.56. The first kappa shape index (κ1) is 20.3. The molecule has 1 N–H and O–H groups in total. The molecule has 152 valence electrons. The van der Waals surface area contributed by atoms with Crippen molar-refractivity contribution in [1.82, 2.24) is 15.1 Å². The summed E-state index contributed by atoms with van der Waals surface area (Å²) < 4.78 is 5.45. The van der Waals surface area contributed by atoms with Crippen molar-refractivity contribution in [2.75, 3.05) is 26.2 Å². The van der Waals surface area contributed by atoms with Gasteiger partial charge in [0.25, 0.3) is 5.91 Å². The van der Waals surface area contributed by atoms with E-state index in [1.54, 1.807) is 21.9 Å². The highest BCUT2D eigenvalue weighted by molar-refractivity contribution is 5.95. The van der Waals surface area contributed by atoms with Crippen LogP contribution in [-0.2, 0) is 20.9 Å². The van der Waals surface area contributed by atoms with Crippen LogP contribution in [0.1, 0.15) is 49.0 Å². The van der Waals surface area contributed by atoms with E-state index in [4.69, 9.17) is 4.74 Å². The fraction of sp³-hybridized carbons (Fsp3) is 0.571. The highest BCUT2D eigenvalue weighted by Gasteiger charge is 2.41. The molecule has 3 amide bonds. The number of rotatable bonds is 8. The topological polar surface area (TPSA) is 79.0 Å². The van der Waals surface area contributed by atoms with Crippen LogP contribution in [0.5, 0.6) is 0 Å². The Morgan fingerprint density at radius 3 is 2.71 bits per heavy atom. The van der Waals surface area contributed by atoms with Gasteiger partial charge >= 0.3 is 0 Å². The number of fused-ring (bicyclic) bond motifs is 1. The number of benzene rings is 1. The van der Waals surface area contributed by atoms with E-state index in [9.17, 15) is 14.4 Å². The zero-order valence-corrected chi connectivity index (χ0v) is 16.6. The van der Waals surface area contributed by atoms with Gasteiger partial charge in [-0.2, -0.15) is 0 Å². The van der Waals surface area contributed by atoms with E-state index in [-0.39, 0.29) is 36.4 Å². The normalized spacial score (nSPS) is 19.3. The number of hydrogen-bond acceptors (Lipinski definition) is 4. The van der Waals surface area contributed by atoms with Gasteiger partial charge in [-0.25, -0.2) is 0 Å². The van der Waals surface area contributed by atoms with Gasteiger partial charge in [-0.1, -0.05) is 12.1 Å². The zero-order valence-electron chi connectivity index (χ0n) is 16.6. The molecule has 0 aliphatic carbocycles. The lowest BCUT2D eigenvalue weighted by molar-refractivity contribution is -0.154. The summed E-state index contributed by atoms with van der Waals surface area (Å²) in [5, 5.41) is 2.88. The van der Waals surface area contributed by atoms with Crippen LogP contribution in [0.2, 0.25) is 0 Å². The molecule has 1 aromatic rings. The molecule has 0 saturated carbocycles. The van der Waals surface area contributed by atoms with Crippen molar-refractivity contribution in [2.45, 2.75) is 51.8 Å². The second-order valence-electron chi connectivity index (χ2n) is 7.67. The Bertz CT molecular complexity index is 717. The SMILES string of the molecule is CC(C)OCCCNC(=O)c1ccc(CN2CC(=O)N3CCC[C@H]3C2=O)cc1. The minimum atomic E-state index is -0.286. The second kappa shape index (κ2) is 9.19. The lowest BCUT2D eigenvalue weighted by Crippen LogP contribution is -2.56. The van der Waals surface area contributed by atoms with Gasteiger partial charge in [0.1, 0.15) is 12.6 Å². The molecule has 0 unspecified atom stereocenters. The van der Waals surface area contributed by atoms with Crippen LogP contribution in [0.4, 0.5) is 0 Å². The lowest BCUT2D eigenvalue weighted by Gasteiger charge is -2.36. The fourth-order valence-electron chi connectivity index (χ4n) is 3.68. The molecule has 3 rings (SSSR count). The van der Waals surface area contributed by atoms with Crippen molar-refractivity contribution < 1.29 is 19.1 Å². The van der Waals surface area contributed by atoms with E-state index < -0.39 is 0 Å². The van der Waals surface area contributed by atoms with Gasteiger partial charge in [0.15, 0.2) is 0 Å². The van der Waals surface area contributed by atoms with E-state index in [2.05, 4.69) is 5.32 Å². The first-order valence-corrected chi connectivity index (χ1v) is 10.0. The van der Waals surface area contributed by atoms with Gasteiger partial charge in [0, 0.05) is 31.8 Å². The molecular weight excluding hydrogens is 358 g/mol. The number of hydrogen-bond donors (Lipinski definition) is 1. The highest BCUT2D eigenvalue weighted by atomic mass is 16.5. The molecule has 0 bridgehead atoms. The molecule has 28 heavy (non-hydrogen) atoms. The van der Waals surface area contributed by atoms with Gasteiger partial charge in [0.05, 0.1) is 6.10 Å². The van der Waals surface area contributed by atoms with Crippen LogP contribution in [0.3, 0.4) is 0 Å². The second-order valence-corrected chi connectivity index (χ2v) is 7.67. The maximum atomic E-state index is 12.6. The number of amides is 3. The van der Waals surface area contributed by atoms with E-state index in [1.165, 1.54) is 0 Å². The molecule has 0 spiro atoms. The third kappa shape index (κ3) is 4.90. The Morgan fingerprint density at radius 2 is 2.00 bits per heavy atom. The summed E-state index contributed by atoms with van der Waals surface area (Å²) in [5.41, 5.74) is 1.49. The summed E-state index contributed by atoms with van der Waals surface area (Å²) >= 11 is 0. The van der Waals surface area contributed by atoms with Crippen molar-refractivity contribution >= 4 is 17.7 Å². The summed E-state index contributed by atoms with van der Waals surface area (Å²) in [6, 6.07) is 6.91. The minimum Gasteiger partial charge on any atom is -0.379 e. The Balaban J connectivity index is 1.49. The maximum Gasteiger partial charge on any atom is 0.251 e. The average Bonchev–Trinajstić information content (AvgIpc) is 3.16. The molecule has 7 heteroatoms. The summed E-state index contributed by atoms with van der Waals surface area (Å²) in [7, 11) is 0. The fourth-order valence-corrected chi connectivity index (χ4v) is 3.68. The van der Waals surface area contributed by atoms with Crippen molar-refractivity contribution in [1.29, 1.82) is 0 Å². The molecule has 1 aromatic carbocycles. The van der Waals surface area contributed by atoms with Crippen molar-refractivity contribution in [3.63, 3.8) is 0 Å². The third-order valence-electron chi connectivity index (χ3n) is 5.14. The molecule has 2 aliphatic heterocycles. The van der Waals surface area contributed by atoms with Crippen molar-refractivity contribution in [3.8, 4) is 0 Å². The van der Waals surface area contributed by atoms with Crippen LogP contribution >= 0.6 is 0 Å². The molecule has 1 atom stereocenters. The summed E-state index contributed by atoms with van der Waals surface area (Å²) in [6.45, 7) is 6.37. The maximum absolute atomic E-state index is 12.6. The molecule has 2 fully saturated rings. The van der Waals surface area contributed by atoms with Gasteiger partial charge in [-0.15, -0.1) is 0 Å². The number of carbonyl (C=O) groups is 3. The predicted molar refractivity (Wildman–Crippen MR) is 105 cm³/mol. The van der Waals surface area contributed by atoms with Crippen LogP contribution in [-0.4, -0.2) is 65.9 Å². The van der Waals surface area contributed by atoms with E-state index in [1.807, 2.05) is 26.0 Å². The molecule has 2 aliphatic rings. The zero-order chi connectivity index (χ0) is 20.1. The van der Waals surface area contributed by atoms with Gasteiger partial charge in [0.2, 0.25) is 11.8 Å². The number of ether oxygens (including phenoxy) is 1. The first-order valence-electron chi connectivity index (χ1n) is 10.0. The van der Waals surface area contributed by atoms with E-state index in [0.717, 1.165) is 24.8 Å². The Hall–Kier alpha value is -2.41. The van der Waals surface area contributed by atoms with Gasteiger partial charge < -0.3 is 19.9 Å².